The van der Waals surface area contributed by atoms with Crippen molar-refractivity contribution in [1.82, 2.24) is 0 Å². The summed E-state index contributed by atoms with van der Waals surface area (Å²) in [6.45, 7) is 4.00. The highest BCUT2D eigenvalue weighted by molar-refractivity contribution is 8.33. The number of rotatable bonds is 1. The largest absolute Gasteiger partial charge is 0.118 e. The van der Waals surface area contributed by atoms with E-state index in [0.717, 1.165) is 0 Å². The summed E-state index contributed by atoms with van der Waals surface area (Å²) in [7, 11) is 0. The number of hydrogen-bond donors (Lipinski definition) is 0. The maximum absolute atomic E-state index is 4.00. The van der Waals surface area contributed by atoms with E-state index >= 15 is 0 Å². The molecule has 130 valence electrons. The fourth-order valence-corrected chi connectivity index (χ4v) is 8.87. The molecule has 3 aromatic rings. The molecule has 2 heterocycles. The van der Waals surface area contributed by atoms with Crippen molar-refractivity contribution in [2.75, 3.05) is 23.0 Å². The first-order valence-electron chi connectivity index (χ1n) is 8.73. The smallest absolute Gasteiger partial charge is 0.0486 e. The van der Waals surface area contributed by atoms with E-state index in [0.29, 0.717) is 0 Å². The van der Waals surface area contributed by atoms with Crippen LogP contribution in [-0.4, -0.2) is 23.0 Å². The van der Waals surface area contributed by atoms with Crippen LogP contribution < -0.4 is 10.4 Å². The third-order valence-corrected chi connectivity index (χ3v) is 10.2. The molecular weight excluding hydrogens is 393 g/mol. The van der Waals surface area contributed by atoms with Crippen molar-refractivity contribution < 1.29 is 0 Å². The Morgan fingerprint density at radius 2 is 1.15 bits per heavy atom. The Kier molecular flexibility index (Phi) is 4.78. The number of thioether (sulfide) groups is 4. The Bertz CT molecular complexity index is 1140. The third kappa shape index (κ3) is 2.82. The fourth-order valence-electron chi connectivity index (χ4n) is 3.67. The lowest BCUT2D eigenvalue weighted by Crippen LogP contribution is -2.17. The molecule has 0 aromatic heterocycles. The molecule has 0 atom stereocenters. The average molecular weight is 411 g/mol. The van der Waals surface area contributed by atoms with E-state index < -0.39 is 0 Å². The fraction of sp³-hybridized carbons (Fsp3) is 0.182. The van der Waals surface area contributed by atoms with Crippen molar-refractivity contribution in [1.29, 1.82) is 0 Å². The summed E-state index contributed by atoms with van der Waals surface area (Å²) >= 11 is 8.06. The molecule has 0 bridgehead atoms. The van der Waals surface area contributed by atoms with E-state index in [1.807, 2.05) is 53.1 Å². The van der Waals surface area contributed by atoms with Crippen molar-refractivity contribution in [3.63, 3.8) is 0 Å². The maximum Gasteiger partial charge on any atom is 0.0486 e. The van der Waals surface area contributed by atoms with Crippen LogP contribution in [-0.2, 0) is 0 Å². The molecule has 0 N–H and O–H groups in total. The van der Waals surface area contributed by atoms with E-state index in [4.69, 9.17) is 0 Å². The van der Waals surface area contributed by atoms with Crippen molar-refractivity contribution in [2.45, 2.75) is 0 Å². The molecule has 5 rings (SSSR count). The van der Waals surface area contributed by atoms with E-state index in [9.17, 15) is 0 Å². The highest BCUT2D eigenvalue weighted by Gasteiger charge is 2.17. The zero-order valence-electron chi connectivity index (χ0n) is 14.3. The quantitative estimate of drug-likeness (QED) is 0.470. The number of benzene rings is 3. The molecule has 2 aliphatic rings. The van der Waals surface area contributed by atoms with Gasteiger partial charge < -0.3 is 0 Å². The highest BCUT2D eigenvalue weighted by atomic mass is 32.2. The number of hydrogen-bond acceptors (Lipinski definition) is 4. The summed E-state index contributed by atoms with van der Waals surface area (Å²) in [5.41, 5.74) is 1.20. The minimum atomic E-state index is 1.20. The average Bonchev–Trinajstić information content (AvgIpc) is 3.39. The molecule has 0 spiro atoms. The summed E-state index contributed by atoms with van der Waals surface area (Å²) in [5.74, 6) is 4.85. The van der Waals surface area contributed by atoms with Crippen LogP contribution >= 0.6 is 47.0 Å². The van der Waals surface area contributed by atoms with E-state index in [1.165, 1.54) is 69.0 Å². The molecule has 0 saturated carbocycles. The molecule has 26 heavy (non-hydrogen) atoms. The van der Waals surface area contributed by atoms with Gasteiger partial charge in [-0.25, -0.2) is 0 Å². The molecular formula is C22H18S4. The molecule has 2 fully saturated rings. The monoisotopic (exact) mass is 410 g/mol. The second kappa shape index (κ2) is 7.23. The first-order valence-corrected chi connectivity index (χ1v) is 12.7. The predicted octanol–water partition coefficient (Wildman–Crippen LogP) is 5.73. The van der Waals surface area contributed by atoms with Gasteiger partial charge in [-0.1, -0.05) is 49.1 Å². The van der Waals surface area contributed by atoms with Gasteiger partial charge in [0, 0.05) is 41.9 Å². The van der Waals surface area contributed by atoms with Crippen LogP contribution in [0.4, 0.5) is 0 Å². The van der Waals surface area contributed by atoms with Crippen LogP contribution in [0.1, 0.15) is 5.56 Å². The molecule has 3 aromatic carbocycles. The van der Waals surface area contributed by atoms with Gasteiger partial charge in [-0.2, -0.15) is 0 Å². The van der Waals surface area contributed by atoms with Crippen molar-refractivity contribution in [3.05, 3.63) is 65.0 Å². The Hall–Kier alpha value is -0.940. The van der Waals surface area contributed by atoms with Crippen LogP contribution in [0.25, 0.3) is 36.1 Å². The molecule has 0 unspecified atom stereocenters. The highest BCUT2D eigenvalue weighted by Crippen LogP contribution is 2.40. The molecule has 2 aliphatic heterocycles. The standard InChI is InChI=1S/C22H18S4/c1-2-14-7-8-17-18(13-14)20(22-25-11-12-26-22)16-6-4-3-5-15(16)19(17)21-23-9-10-24-21/h2-8,13H,1,9-12H2. The van der Waals surface area contributed by atoms with Crippen molar-refractivity contribution >= 4 is 83.1 Å². The lowest BCUT2D eigenvalue weighted by atomic mass is 9.97. The Morgan fingerprint density at radius 1 is 0.654 bits per heavy atom. The zero-order chi connectivity index (χ0) is 17.5. The first-order chi connectivity index (χ1) is 12.9. The van der Waals surface area contributed by atoms with Gasteiger partial charge in [-0.05, 0) is 33.2 Å². The second-order valence-electron chi connectivity index (χ2n) is 6.27. The molecule has 0 radical (unpaired) electrons. The minimum Gasteiger partial charge on any atom is -0.118 e. The van der Waals surface area contributed by atoms with Crippen molar-refractivity contribution in [3.8, 4) is 0 Å². The summed E-state index contributed by atoms with van der Waals surface area (Å²) < 4.78 is 2.97. The maximum atomic E-state index is 4.00. The Morgan fingerprint density at radius 3 is 1.69 bits per heavy atom. The molecule has 4 heteroatoms. The van der Waals surface area contributed by atoms with Gasteiger partial charge in [0.15, 0.2) is 0 Å². The normalized spacial score (nSPS) is 17.5. The van der Waals surface area contributed by atoms with Gasteiger partial charge in [-0.15, -0.1) is 47.0 Å². The molecule has 0 nitrogen and oxygen atoms in total. The number of fused-ring (bicyclic) bond motifs is 2. The van der Waals surface area contributed by atoms with Gasteiger partial charge in [0.05, 0.1) is 0 Å². The van der Waals surface area contributed by atoms with Crippen molar-refractivity contribution in [2.24, 2.45) is 0 Å². The van der Waals surface area contributed by atoms with Crippen LogP contribution in [0.5, 0.6) is 0 Å². The lowest BCUT2D eigenvalue weighted by molar-refractivity contribution is 1.59. The van der Waals surface area contributed by atoms with Gasteiger partial charge in [0.1, 0.15) is 0 Å². The summed E-state index contributed by atoms with van der Waals surface area (Å²) in [5, 5.41) is 8.45. The predicted molar refractivity (Wildman–Crippen MR) is 127 cm³/mol. The van der Waals surface area contributed by atoms with Crippen LogP contribution in [0.3, 0.4) is 0 Å². The summed E-state index contributed by atoms with van der Waals surface area (Å²) in [6.07, 6.45) is 1.96. The zero-order valence-corrected chi connectivity index (χ0v) is 17.6. The lowest BCUT2D eigenvalue weighted by Gasteiger charge is -2.11. The Balaban J connectivity index is 2.10. The molecule has 2 saturated heterocycles. The Labute approximate surface area is 170 Å². The van der Waals surface area contributed by atoms with E-state index in [1.54, 1.807) is 0 Å². The topological polar surface area (TPSA) is 0 Å². The van der Waals surface area contributed by atoms with E-state index in [2.05, 4.69) is 49.0 Å². The van der Waals surface area contributed by atoms with Gasteiger partial charge in [0.2, 0.25) is 0 Å². The summed E-state index contributed by atoms with van der Waals surface area (Å²) in [6, 6.07) is 15.9. The SMILES string of the molecule is C=Cc1ccc2c(=C3SCCS3)c3ccccc3c(=C3SCCS3)c2c1. The van der Waals surface area contributed by atoms with Gasteiger partial charge in [0.25, 0.3) is 0 Å². The van der Waals surface area contributed by atoms with Crippen LogP contribution in [0.2, 0.25) is 0 Å². The van der Waals surface area contributed by atoms with Gasteiger partial charge in [-0.3, -0.25) is 0 Å². The summed E-state index contributed by atoms with van der Waals surface area (Å²) in [4.78, 5) is 0. The molecule has 0 aliphatic carbocycles. The first kappa shape index (κ1) is 17.2. The van der Waals surface area contributed by atoms with E-state index in [-0.39, 0.29) is 0 Å². The van der Waals surface area contributed by atoms with Gasteiger partial charge >= 0.3 is 0 Å². The second-order valence-corrected chi connectivity index (χ2v) is 11.2. The third-order valence-electron chi connectivity index (χ3n) is 4.79. The van der Waals surface area contributed by atoms with Crippen LogP contribution in [0.15, 0.2) is 49.0 Å². The van der Waals surface area contributed by atoms with Crippen LogP contribution in [0, 0.1) is 0 Å². The molecule has 0 amide bonds. The minimum absolute atomic E-state index is 1.20.